The number of carbonyl (C=O) groups is 1. The molecule has 0 saturated heterocycles. The minimum atomic E-state index is -0.752. The van der Waals surface area contributed by atoms with Gasteiger partial charge in [-0.05, 0) is 31.2 Å². The predicted octanol–water partition coefficient (Wildman–Crippen LogP) is 2.97. The molecule has 2 unspecified atom stereocenters. The molecule has 1 heterocycles. The summed E-state index contributed by atoms with van der Waals surface area (Å²) >= 11 is 0. The number of ketones is 1. The van der Waals surface area contributed by atoms with Gasteiger partial charge in [0.15, 0.2) is 5.78 Å². The standard InChI is InChI=1S/C15H23NO2S/c1-11(6-8-19(4)18)16-7-5-12-13(16)9-15(2,3)10-14(12)17/h5,7,11H,6,8-10H2,1-4H3. The monoisotopic (exact) mass is 281 g/mol. The molecule has 0 saturated carbocycles. The van der Waals surface area contributed by atoms with E-state index in [-0.39, 0.29) is 11.2 Å². The third-order valence-corrected chi connectivity index (χ3v) is 4.72. The van der Waals surface area contributed by atoms with Gasteiger partial charge in [-0.1, -0.05) is 13.8 Å². The summed E-state index contributed by atoms with van der Waals surface area (Å²) in [6, 6.07) is 2.25. The first-order valence-corrected chi connectivity index (χ1v) is 8.56. The largest absolute Gasteiger partial charge is 0.348 e. The topological polar surface area (TPSA) is 39.1 Å². The number of carbonyl (C=O) groups excluding carboxylic acids is 1. The molecule has 1 aliphatic rings. The zero-order chi connectivity index (χ0) is 14.2. The molecule has 4 heteroatoms. The van der Waals surface area contributed by atoms with Gasteiger partial charge in [0.05, 0.1) is 0 Å². The Hall–Kier alpha value is -0.900. The Kier molecular flexibility index (Phi) is 4.00. The molecule has 1 aromatic heterocycles. The SMILES string of the molecule is CC(CCS(C)=O)n1ccc2c1CC(C)(C)CC2=O. The van der Waals surface area contributed by atoms with Crippen molar-refractivity contribution in [2.75, 3.05) is 12.0 Å². The molecule has 1 aromatic rings. The van der Waals surface area contributed by atoms with Gasteiger partial charge in [-0.3, -0.25) is 9.00 Å². The molecule has 0 N–H and O–H groups in total. The van der Waals surface area contributed by atoms with E-state index in [0.717, 1.165) is 24.1 Å². The molecule has 106 valence electrons. The number of rotatable bonds is 4. The first-order valence-electron chi connectivity index (χ1n) is 6.83. The molecule has 0 radical (unpaired) electrons. The lowest BCUT2D eigenvalue weighted by molar-refractivity contribution is 0.0909. The van der Waals surface area contributed by atoms with Crippen molar-refractivity contribution in [3.63, 3.8) is 0 Å². The molecule has 0 aliphatic heterocycles. The molecular formula is C15H23NO2S. The van der Waals surface area contributed by atoms with Crippen LogP contribution in [-0.4, -0.2) is 26.6 Å². The first-order chi connectivity index (χ1) is 8.80. The van der Waals surface area contributed by atoms with Crippen molar-refractivity contribution in [1.82, 2.24) is 4.57 Å². The highest BCUT2D eigenvalue weighted by atomic mass is 32.2. The van der Waals surface area contributed by atoms with Crippen molar-refractivity contribution in [2.24, 2.45) is 5.41 Å². The van der Waals surface area contributed by atoms with Crippen molar-refractivity contribution in [1.29, 1.82) is 0 Å². The minimum absolute atomic E-state index is 0.0491. The van der Waals surface area contributed by atoms with E-state index in [0.29, 0.717) is 18.2 Å². The highest BCUT2D eigenvalue weighted by Gasteiger charge is 2.33. The van der Waals surface area contributed by atoms with E-state index in [4.69, 9.17) is 0 Å². The smallest absolute Gasteiger partial charge is 0.165 e. The fourth-order valence-electron chi connectivity index (χ4n) is 2.85. The van der Waals surface area contributed by atoms with E-state index >= 15 is 0 Å². The number of aromatic nitrogens is 1. The van der Waals surface area contributed by atoms with E-state index in [1.54, 1.807) is 6.26 Å². The van der Waals surface area contributed by atoms with Gasteiger partial charge in [0.1, 0.15) is 0 Å². The van der Waals surface area contributed by atoms with E-state index in [1.807, 2.05) is 12.3 Å². The van der Waals surface area contributed by atoms with Crippen LogP contribution in [0, 0.1) is 5.41 Å². The van der Waals surface area contributed by atoms with Gasteiger partial charge in [-0.15, -0.1) is 0 Å². The molecule has 2 atom stereocenters. The summed E-state index contributed by atoms with van der Waals surface area (Å²) in [5, 5.41) is 0. The third kappa shape index (κ3) is 3.16. The predicted molar refractivity (Wildman–Crippen MR) is 79.1 cm³/mol. The summed E-state index contributed by atoms with van der Waals surface area (Å²) in [6.07, 6.45) is 6.23. The maximum Gasteiger partial charge on any atom is 0.165 e. The summed E-state index contributed by atoms with van der Waals surface area (Å²) in [7, 11) is -0.752. The summed E-state index contributed by atoms with van der Waals surface area (Å²) in [4.78, 5) is 12.1. The van der Waals surface area contributed by atoms with Crippen LogP contribution in [0.25, 0.3) is 0 Å². The maximum absolute atomic E-state index is 12.1. The maximum atomic E-state index is 12.1. The van der Waals surface area contributed by atoms with Crippen molar-refractivity contribution >= 4 is 16.6 Å². The van der Waals surface area contributed by atoms with Crippen LogP contribution in [0.1, 0.15) is 55.7 Å². The molecule has 1 aliphatic carbocycles. The number of Topliss-reactive ketones (excluding diaryl/α,β-unsaturated/α-hetero) is 1. The van der Waals surface area contributed by atoms with E-state index in [9.17, 15) is 9.00 Å². The van der Waals surface area contributed by atoms with Crippen molar-refractivity contribution in [3.8, 4) is 0 Å². The Morgan fingerprint density at radius 2 is 2.11 bits per heavy atom. The number of nitrogens with zero attached hydrogens (tertiary/aromatic N) is 1. The molecule has 2 rings (SSSR count). The van der Waals surface area contributed by atoms with Crippen molar-refractivity contribution in [2.45, 2.75) is 46.1 Å². The van der Waals surface area contributed by atoms with Gasteiger partial charge in [-0.2, -0.15) is 0 Å². The fraction of sp³-hybridized carbons (Fsp3) is 0.667. The summed E-state index contributed by atoms with van der Waals surface area (Å²) < 4.78 is 13.4. The highest BCUT2D eigenvalue weighted by molar-refractivity contribution is 7.84. The van der Waals surface area contributed by atoms with E-state index in [1.165, 1.54) is 0 Å². The van der Waals surface area contributed by atoms with Crippen molar-refractivity contribution in [3.05, 3.63) is 23.5 Å². The zero-order valence-corrected chi connectivity index (χ0v) is 13.0. The fourth-order valence-corrected chi connectivity index (χ4v) is 3.53. The Bertz CT molecular complexity index is 516. The molecule has 19 heavy (non-hydrogen) atoms. The van der Waals surface area contributed by atoms with Gasteiger partial charge >= 0.3 is 0 Å². The molecule has 0 aromatic carbocycles. The summed E-state index contributed by atoms with van der Waals surface area (Å²) in [5.74, 6) is 0.974. The van der Waals surface area contributed by atoms with Gasteiger partial charge in [-0.25, -0.2) is 0 Å². The van der Waals surface area contributed by atoms with E-state index in [2.05, 4.69) is 25.3 Å². The number of hydrogen-bond acceptors (Lipinski definition) is 2. The number of hydrogen-bond donors (Lipinski definition) is 0. The highest BCUT2D eigenvalue weighted by Crippen LogP contribution is 2.36. The van der Waals surface area contributed by atoms with Gasteiger partial charge in [0.25, 0.3) is 0 Å². The second-order valence-electron chi connectivity index (χ2n) is 6.44. The van der Waals surface area contributed by atoms with Crippen LogP contribution in [0.2, 0.25) is 0 Å². The zero-order valence-electron chi connectivity index (χ0n) is 12.2. The molecular weight excluding hydrogens is 258 g/mol. The minimum Gasteiger partial charge on any atom is -0.348 e. The lowest BCUT2D eigenvalue weighted by atomic mass is 9.76. The van der Waals surface area contributed by atoms with Crippen LogP contribution < -0.4 is 0 Å². The Balaban J connectivity index is 2.25. The van der Waals surface area contributed by atoms with Crippen LogP contribution in [-0.2, 0) is 17.2 Å². The number of fused-ring (bicyclic) bond motifs is 1. The molecule has 0 spiro atoms. The Labute approximate surface area is 117 Å². The van der Waals surface area contributed by atoms with Crippen LogP contribution in [0.4, 0.5) is 0 Å². The normalized spacial score (nSPS) is 20.9. The summed E-state index contributed by atoms with van der Waals surface area (Å²) in [5.41, 5.74) is 2.10. The van der Waals surface area contributed by atoms with Gasteiger partial charge in [0.2, 0.25) is 0 Å². The Morgan fingerprint density at radius 1 is 1.42 bits per heavy atom. The lowest BCUT2D eigenvalue weighted by Crippen LogP contribution is -2.28. The van der Waals surface area contributed by atoms with E-state index < -0.39 is 10.8 Å². The van der Waals surface area contributed by atoms with Crippen LogP contribution >= 0.6 is 0 Å². The van der Waals surface area contributed by atoms with Crippen LogP contribution in [0.5, 0.6) is 0 Å². The second-order valence-corrected chi connectivity index (χ2v) is 7.99. The van der Waals surface area contributed by atoms with Crippen LogP contribution in [0.3, 0.4) is 0 Å². The quantitative estimate of drug-likeness (QED) is 0.851. The van der Waals surface area contributed by atoms with Crippen LogP contribution in [0.15, 0.2) is 12.3 Å². The first kappa shape index (κ1) is 14.5. The second kappa shape index (κ2) is 5.23. The summed E-state index contributed by atoms with van der Waals surface area (Å²) in [6.45, 7) is 6.44. The molecule has 0 bridgehead atoms. The third-order valence-electron chi connectivity index (χ3n) is 3.91. The van der Waals surface area contributed by atoms with Gasteiger partial charge < -0.3 is 4.57 Å². The lowest BCUT2D eigenvalue weighted by Gasteiger charge is -2.31. The van der Waals surface area contributed by atoms with Crippen molar-refractivity contribution < 1.29 is 9.00 Å². The molecule has 3 nitrogen and oxygen atoms in total. The van der Waals surface area contributed by atoms with Gasteiger partial charge in [0, 0.05) is 52.7 Å². The average molecular weight is 281 g/mol. The Morgan fingerprint density at radius 3 is 2.74 bits per heavy atom. The average Bonchev–Trinajstić information content (AvgIpc) is 2.67. The molecule has 0 amide bonds. The molecule has 0 fully saturated rings.